The molecule has 3 aliphatic heterocycles. The first kappa shape index (κ1) is 16.2. The van der Waals surface area contributed by atoms with Gasteiger partial charge in [0, 0.05) is 17.7 Å². The van der Waals surface area contributed by atoms with Gasteiger partial charge < -0.3 is 14.2 Å². The third-order valence-electron chi connectivity index (χ3n) is 6.09. The minimum Gasteiger partial charge on any atom is -0.456 e. The molecule has 0 aromatic carbocycles. The van der Waals surface area contributed by atoms with Crippen LogP contribution in [0.1, 0.15) is 39.5 Å². The first-order chi connectivity index (χ1) is 10.7. The topological polar surface area (TPSA) is 27.7 Å². The van der Waals surface area contributed by atoms with Crippen molar-refractivity contribution in [3.8, 4) is 0 Å². The number of halogens is 4. The summed E-state index contributed by atoms with van der Waals surface area (Å²) >= 11 is 3.25. The van der Waals surface area contributed by atoms with Crippen molar-refractivity contribution < 1.29 is 27.4 Å². The van der Waals surface area contributed by atoms with E-state index in [9.17, 15) is 13.2 Å². The summed E-state index contributed by atoms with van der Waals surface area (Å²) < 4.78 is 58.0. The molecule has 2 bridgehead atoms. The van der Waals surface area contributed by atoms with Crippen LogP contribution in [-0.2, 0) is 14.2 Å². The van der Waals surface area contributed by atoms with Crippen molar-refractivity contribution in [2.45, 2.75) is 63.4 Å². The molecule has 130 valence electrons. The zero-order chi connectivity index (χ0) is 16.6. The number of rotatable bonds is 1. The molecule has 3 heterocycles. The average molecular weight is 397 g/mol. The highest BCUT2D eigenvalue weighted by molar-refractivity contribution is 9.09. The van der Waals surface area contributed by atoms with Crippen LogP contribution in [0.15, 0.2) is 11.3 Å². The van der Waals surface area contributed by atoms with Crippen LogP contribution in [0.25, 0.3) is 0 Å². The summed E-state index contributed by atoms with van der Waals surface area (Å²) in [4.78, 5) is 0. The minimum absolute atomic E-state index is 0.141. The van der Waals surface area contributed by atoms with Gasteiger partial charge in [-0.1, -0.05) is 22.9 Å². The SMILES string of the molecule is C[C@@H]1CC[C@H]2C(CBr)=C(C(F)(F)F)O[C@@H]3OC4(C)CCC1C32O4. The van der Waals surface area contributed by atoms with Gasteiger partial charge in [0.2, 0.25) is 12.0 Å². The van der Waals surface area contributed by atoms with Gasteiger partial charge in [0.15, 0.2) is 5.79 Å². The van der Waals surface area contributed by atoms with Gasteiger partial charge >= 0.3 is 6.18 Å². The molecule has 1 spiro atoms. The lowest BCUT2D eigenvalue weighted by molar-refractivity contribution is -0.248. The minimum atomic E-state index is -4.51. The molecule has 3 nitrogen and oxygen atoms in total. The van der Waals surface area contributed by atoms with Gasteiger partial charge in [-0.15, -0.1) is 0 Å². The third-order valence-corrected chi connectivity index (χ3v) is 6.69. The predicted octanol–water partition coefficient (Wildman–Crippen LogP) is 4.51. The summed E-state index contributed by atoms with van der Waals surface area (Å²) in [6.45, 7) is 3.98. The van der Waals surface area contributed by atoms with Crippen molar-refractivity contribution in [1.82, 2.24) is 0 Å². The molecule has 3 unspecified atom stereocenters. The lowest BCUT2D eigenvalue weighted by atomic mass is 9.58. The van der Waals surface area contributed by atoms with E-state index < -0.39 is 29.6 Å². The van der Waals surface area contributed by atoms with Crippen LogP contribution in [0.5, 0.6) is 0 Å². The Kier molecular flexibility index (Phi) is 3.44. The van der Waals surface area contributed by atoms with Crippen LogP contribution in [0.4, 0.5) is 13.2 Å². The molecule has 0 aromatic rings. The van der Waals surface area contributed by atoms with Gasteiger partial charge in [-0.25, -0.2) is 0 Å². The Morgan fingerprint density at radius 1 is 1.26 bits per heavy atom. The van der Waals surface area contributed by atoms with Gasteiger partial charge in [0.1, 0.15) is 5.60 Å². The zero-order valence-electron chi connectivity index (χ0n) is 13.1. The summed E-state index contributed by atoms with van der Waals surface area (Å²) in [7, 11) is 0. The van der Waals surface area contributed by atoms with Crippen LogP contribution in [0.2, 0.25) is 0 Å². The highest BCUT2D eigenvalue weighted by Gasteiger charge is 2.72. The van der Waals surface area contributed by atoms with E-state index >= 15 is 0 Å². The van der Waals surface area contributed by atoms with Gasteiger partial charge in [0.05, 0.1) is 0 Å². The molecule has 4 aliphatic rings. The molecule has 2 saturated heterocycles. The normalized spacial score (nSPS) is 49.0. The van der Waals surface area contributed by atoms with Crippen molar-refractivity contribution in [1.29, 1.82) is 0 Å². The maximum atomic E-state index is 13.5. The monoisotopic (exact) mass is 396 g/mol. The molecular formula is C16H20BrF3O3. The fraction of sp³-hybridized carbons (Fsp3) is 0.875. The first-order valence-electron chi connectivity index (χ1n) is 8.12. The molecule has 7 heteroatoms. The Morgan fingerprint density at radius 2 is 2.00 bits per heavy atom. The number of allylic oxidation sites excluding steroid dienone is 1. The molecule has 1 aliphatic carbocycles. The van der Waals surface area contributed by atoms with Gasteiger partial charge in [-0.3, -0.25) is 0 Å². The molecule has 0 radical (unpaired) electrons. The van der Waals surface area contributed by atoms with Crippen molar-refractivity contribution in [3.05, 3.63) is 11.3 Å². The second-order valence-electron chi connectivity index (χ2n) is 7.40. The third kappa shape index (κ3) is 2.08. The Balaban J connectivity index is 1.87. The molecule has 23 heavy (non-hydrogen) atoms. The molecule has 0 N–H and O–H groups in total. The predicted molar refractivity (Wildman–Crippen MR) is 79.7 cm³/mol. The maximum absolute atomic E-state index is 13.5. The Hall–Kier alpha value is -0.270. The largest absolute Gasteiger partial charge is 0.456 e. The summed E-state index contributed by atoms with van der Waals surface area (Å²) in [6, 6.07) is 0. The highest BCUT2D eigenvalue weighted by atomic mass is 79.9. The van der Waals surface area contributed by atoms with E-state index in [4.69, 9.17) is 14.2 Å². The number of ether oxygens (including phenoxy) is 3. The first-order valence-corrected chi connectivity index (χ1v) is 9.24. The summed E-state index contributed by atoms with van der Waals surface area (Å²) in [5.41, 5.74) is -0.497. The van der Waals surface area contributed by atoms with Crippen LogP contribution < -0.4 is 0 Å². The summed E-state index contributed by atoms with van der Waals surface area (Å²) in [5.74, 6) is -1.46. The van der Waals surface area contributed by atoms with Gasteiger partial charge in [-0.2, -0.15) is 13.2 Å². The Labute approximate surface area is 141 Å². The van der Waals surface area contributed by atoms with E-state index in [1.54, 1.807) is 0 Å². The number of hydrogen-bond acceptors (Lipinski definition) is 3. The van der Waals surface area contributed by atoms with E-state index in [2.05, 4.69) is 22.9 Å². The van der Waals surface area contributed by atoms with Crippen molar-refractivity contribution in [2.24, 2.45) is 17.8 Å². The second-order valence-corrected chi connectivity index (χ2v) is 7.96. The lowest BCUT2D eigenvalue weighted by Gasteiger charge is -2.55. The van der Waals surface area contributed by atoms with Crippen LogP contribution in [0, 0.1) is 17.8 Å². The lowest BCUT2D eigenvalue weighted by Crippen LogP contribution is -2.62. The zero-order valence-corrected chi connectivity index (χ0v) is 14.7. The average Bonchev–Trinajstić information content (AvgIpc) is 2.68. The Morgan fingerprint density at radius 3 is 2.65 bits per heavy atom. The van der Waals surface area contributed by atoms with Crippen molar-refractivity contribution in [3.63, 3.8) is 0 Å². The molecule has 6 atom stereocenters. The number of hydrogen-bond donors (Lipinski definition) is 0. The molecule has 0 amide bonds. The van der Waals surface area contributed by atoms with E-state index in [-0.39, 0.29) is 22.7 Å². The summed E-state index contributed by atoms with van der Waals surface area (Å²) in [5, 5.41) is 0.141. The van der Waals surface area contributed by atoms with Crippen LogP contribution in [0.3, 0.4) is 0 Å². The van der Waals surface area contributed by atoms with Gasteiger partial charge in [-0.05, 0) is 43.6 Å². The van der Waals surface area contributed by atoms with Crippen molar-refractivity contribution >= 4 is 15.9 Å². The fourth-order valence-electron chi connectivity index (χ4n) is 5.15. The Bertz CT molecular complexity index is 563. The van der Waals surface area contributed by atoms with Crippen LogP contribution >= 0.6 is 15.9 Å². The fourth-order valence-corrected chi connectivity index (χ4v) is 5.80. The molecule has 1 saturated carbocycles. The smallest absolute Gasteiger partial charge is 0.449 e. The molecule has 3 fully saturated rings. The van der Waals surface area contributed by atoms with E-state index in [1.807, 2.05) is 6.92 Å². The maximum Gasteiger partial charge on any atom is 0.449 e. The summed E-state index contributed by atoms with van der Waals surface area (Å²) in [6.07, 6.45) is -2.29. The molecule has 0 aromatic heterocycles. The number of alkyl halides is 4. The van der Waals surface area contributed by atoms with Crippen LogP contribution in [-0.4, -0.2) is 29.2 Å². The quantitative estimate of drug-likeness (QED) is 0.610. The van der Waals surface area contributed by atoms with E-state index in [0.29, 0.717) is 18.8 Å². The van der Waals surface area contributed by atoms with E-state index in [1.165, 1.54) is 0 Å². The van der Waals surface area contributed by atoms with Gasteiger partial charge in [0.25, 0.3) is 0 Å². The highest BCUT2D eigenvalue weighted by Crippen LogP contribution is 2.64. The standard InChI is InChI=1S/C16H20BrF3O3/c1-8-3-4-11-9(7-17)12(16(18,19)20)21-13-15(11)10(8)5-6-14(2,22-13)23-15/h8,10-11,13H,3-7H2,1-2H3/t8-,10?,11+,13-,14?,15?/m1/s1. The number of fused-ring (bicyclic) bond motifs is 1. The molecule has 4 rings (SSSR count). The second kappa shape index (κ2) is 4.88. The van der Waals surface area contributed by atoms with E-state index in [0.717, 1.165) is 12.8 Å². The van der Waals surface area contributed by atoms with Crippen molar-refractivity contribution in [2.75, 3.05) is 5.33 Å². The molecular weight excluding hydrogens is 377 g/mol.